The van der Waals surface area contributed by atoms with Crippen molar-refractivity contribution in [2.75, 3.05) is 32.9 Å². The van der Waals surface area contributed by atoms with Crippen LogP contribution in [0.4, 0.5) is 0 Å². The third kappa shape index (κ3) is 5.43. The number of rotatable bonds is 4. The van der Waals surface area contributed by atoms with Crippen molar-refractivity contribution in [3.63, 3.8) is 0 Å². The van der Waals surface area contributed by atoms with Gasteiger partial charge in [-0.3, -0.25) is 4.99 Å². The number of guanidine groups is 1. The van der Waals surface area contributed by atoms with Crippen LogP contribution in [0.3, 0.4) is 0 Å². The molecule has 7 heteroatoms. The average molecular weight is 330 g/mol. The van der Waals surface area contributed by atoms with E-state index in [-0.39, 0.29) is 0 Å². The summed E-state index contributed by atoms with van der Waals surface area (Å²) < 4.78 is 24.6. The molecule has 1 aliphatic heterocycles. The van der Waals surface area contributed by atoms with Gasteiger partial charge in [-0.2, -0.15) is 0 Å². The molecule has 0 aromatic carbocycles. The van der Waals surface area contributed by atoms with Crippen molar-refractivity contribution in [3.05, 3.63) is 0 Å². The van der Waals surface area contributed by atoms with E-state index in [9.17, 15) is 8.42 Å². The summed E-state index contributed by atoms with van der Waals surface area (Å²) in [5.74, 6) is 1.40. The number of sulfonamides is 1. The Hall–Kier alpha value is -0.820. The summed E-state index contributed by atoms with van der Waals surface area (Å²) >= 11 is 0. The highest BCUT2D eigenvalue weighted by molar-refractivity contribution is 7.88. The summed E-state index contributed by atoms with van der Waals surface area (Å²) in [6.07, 6.45) is 9.55. The summed E-state index contributed by atoms with van der Waals surface area (Å²) in [5, 5.41) is 6.92. The molecule has 2 N–H and O–H groups in total. The molecule has 0 bridgehead atoms. The van der Waals surface area contributed by atoms with Gasteiger partial charge in [0.1, 0.15) is 0 Å². The quantitative estimate of drug-likeness (QED) is 0.599. The molecule has 2 rings (SSSR count). The van der Waals surface area contributed by atoms with E-state index >= 15 is 0 Å². The second-order valence-corrected chi connectivity index (χ2v) is 8.52. The minimum absolute atomic E-state index is 0.517. The lowest BCUT2D eigenvalue weighted by molar-refractivity contribution is 0.274. The lowest BCUT2D eigenvalue weighted by Crippen LogP contribution is -2.47. The summed E-state index contributed by atoms with van der Waals surface area (Å²) in [7, 11) is -1.22. The average Bonchev–Trinajstić information content (AvgIpc) is 2.52. The Bertz CT molecular complexity index is 464. The fraction of sp³-hybridized carbons (Fsp3) is 0.933. The van der Waals surface area contributed by atoms with Crippen LogP contribution in [-0.4, -0.2) is 57.7 Å². The first-order valence-electron chi connectivity index (χ1n) is 8.41. The molecule has 0 radical (unpaired) electrons. The summed E-state index contributed by atoms with van der Waals surface area (Å²) in [4.78, 5) is 4.31. The van der Waals surface area contributed by atoms with Gasteiger partial charge < -0.3 is 10.6 Å². The van der Waals surface area contributed by atoms with E-state index in [1.165, 1.54) is 38.4 Å². The highest BCUT2D eigenvalue weighted by Crippen LogP contribution is 2.19. The molecule has 0 atom stereocenters. The highest BCUT2D eigenvalue weighted by atomic mass is 32.2. The normalized spacial score (nSPS) is 23.5. The van der Waals surface area contributed by atoms with E-state index in [0.717, 1.165) is 25.3 Å². The van der Waals surface area contributed by atoms with Crippen molar-refractivity contribution in [2.24, 2.45) is 10.9 Å². The van der Waals surface area contributed by atoms with Crippen molar-refractivity contribution in [3.8, 4) is 0 Å². The number of nitrogens with one attached hydrogen (secondary N) is 2. The largest absolute Gasteiger partial charge is 0.356 e. The summed E-state index contributed by atoms with van der Waals surface area (Å²) in [6, 6.07) is 0.548. The van der Waals surface area contributed by atoms with E-state index < -0.39 is 10.0 Å². The summed E-state index contributed by atoms with van der Waals surface area (Å²) in [5.41, 5.74) is 0. The standard InChI is InChI=1S/C15H30N4O2S/c1-16-15(18-14-6-4-3-5-7-14)17-12-13-8-10-19(11-9-13)22(2,20)21/h13-14H,3-12H2,1-2H3,(H2,16,17,18). The molecule has 2 fully saturated rings. The van der Waals surface area contributed by atoms with E-state index in [4.69, 9.17) is 0 Å². The Kier molecular flexibility index (Phi) is 6.50. The SMILES string of the molecule is CN=C(NCC1CCN(S(C)(=O)=O)CC1)NC1CCCCC1. The van der Waals surface area contributed by atoms with Crippen molar-refractivity contribution in [2.45, 2.75) is 51.0 Å². The third-order valence-corrected chi connectivity index (χ3v) is 6.07. The first-order chi connectivity index (χ1) is 10.5. The van der Waals surface area contributed by atoms with Crippen molar-refractivity contribution >= 4 is 16.0 Å². The Morgan fingerprint density at radius 3 is 2.32 bits per heavy atom. The molecule has 0 aromatic rings. The Morgan fingerprint density at radius 2 is 1.77 bits per heavy atom. The second-order valence-electron chi connectivity index (χ2n) is 6.54. The molecule has 0 aromatic heterocycles. The smallest absolute Gasteiger partial charge is 0.211 e. The van der Waals surface area contributed by atoms with Crippen LogP contribution in [0.1, 0.15) is 44.9 Å². The van der Waals surface area contributed by atoms with E-state index in [1.54, 1.807) is 4.31 Å². The minimum Gasteiger partial charge on any atom is -0.356 e. The molecular weight excluding hydrogens is 300 g/mol. The molecule has 0 amide bonds. The molecular formula is C15H30N4O2S. The fourth-order valence-electron chi connectivity index (χ4n) is 3.32. The molecule has 0 unspecified atom stereocenters. The Balaban J connectivity index is 1.70. The molecule has 1 saturated heterocycles. The molecule has 1 saturated carbocycles. The van der Waals surface area contributed by atoms with Gasteiger partial charge in [0.25, 0.3) is 0 Å². The molecule has 1 aliphatic carbocycles. The van der Waals surface area contributed by atoms with Gasteiger partial charge >= 0.3 is 0 Å². The Labute approximate surface area is 134 Å². The molecule has 2 aliphatic rings. The fourth-order valence-corrected chi connectivity index (χ4v) is 4.20. The minimum atomic E-state index is -3.03. The topological polar surface area (TPSA) is 73.8 Å². The first kappa shape index (κ1) is 17.5. The zero-order valence-electron chi connectivity index (χ0n) is 13.8. The van der Waals surface area contributed by atoms with Gasteiger partial charge in [0.2, 0.25) is 10.0 Å². The predicted molar refractivity (Wildman–Crippen MR) is 90.5 cm³/mol. The number of nitrogens with zero attached hydrogens (tertiary/aromatic N) is 2. The summed E-state index contributed by atoms with van der Waals surface area (Å²) in [6.45, 7) is 2.14. The maximum atomic E-state index is 11.5. The maximum absolute atomic E-state index is 11.5. The van der Waals surface area contributed by atoms with E-state index in [0.29, 0.717) is 25.0 Å². The number of hydrogen-bond donors (Lipinski definition) is 2. The van der Waals surface area contributed by atoms with Crippen LogP contribution in [0.5, 0.6) is 0 Å². The number of aliphatic imine (C=N–C) groups is 1. The predicted octanol–water partition coefficient (Wildman–Crippen LogP) is 1.16. The van der Waals surface area contributed by atoms with Crippen LogP contribution < -0.4 is 10.6 Å². The third-order valence-electron chi connectivity index (χ3n) is 4.77. The Morgan fingerprint density at radius 1 is 1.14 bits per heavy atom. The van der Waals surface area contributed by atoms with Crippen LogP contribution in [0.15, 0.2) is 4.99 Å². The number of piperidine rings is 1. The van der Waals surface area contributed by atoms with Crippen LogP contribution in [0.2, 0.25) is 0 Å². The van der Waals surface area contributed by atoms with Crippen LogP contribution >= 0.6 is 0 Å². The molecule has 0 spiro atoms. The number of hydrogen-bond acceptors (Lipinski definition) is 3. The highest BCUT2D eigenvalue weighted by Gasteiger charge is 2.25. The van der Waals surface area contributed by atoms with Gasteiger partial charge in [-0.05, 0) is 31.6 Å². The lowest BCUT2D eigenvalue weighted by atomic mass is 9.95. The van der Waals surface area contributed by atoms with Gasteiger partial charge in [0, 0.05) is 32.7 Å². The van der Waals surface area contributed by atoms with E-state index in [1.807, 2.05) is 7.05 Å². The van der Waals surface area contributed by atoms with E-state index in [2.05, 4.69) is 15.6 Å². The second kappa shape index (κ2) is 8.15. The first-order valence-corrected chi connectivity index (χ1v) is 10.3. The van der Waals surface area contributed by atoms with Crippen molar-refractivity contribution in [1.82, 2.24) is 14.9 Å². The molecule has 128 valence electrons. The van der Waals surface area contributed by atoms with Crippen LogP contribution in [-0.2, 0) is 10.0 Å². The zero-order chi connectivity index (χ0) is 16.0. The van der Waals surface area contributed by atoms with Crippen LogP contribution in [0.25, 0.3) is 0 Å². The van der Waals surface area contributed by atoms with Gasteiger partial charge in [0.15, 0.2) is 5.96 Å². The van der Waals surface area contributed by atoms with Gasteiger partial charge in [-0.15, -0.1) is 0 Å². The van der Waals surface area contributed by atoms with Crippen molar-refractivity contribution < 1.29 is 8.42 Å². The monoisotopic (exact) mass is 330 g/mol. The molecule has 22 heavy (non-hydrogen) atoms. The molecule has 1 heterocycles. The van der Waals surface area contributed by atoms with Gasteiger partial charge in [0.05, 0.1) is 6.26 Å². The zero-order valence-corrected chi connectivity index (χ0v) is 14.7. The lowest BCUT2D eigenvalue weighted by Gasteiger charge is -2.31. The van der Waals surface area contributed by atoms with Gasteiger partial charge in [-0.25, -0.2) is 12.7 Å². The maximum Gasteiger partial charge on any atom is 0.211 e. The molecule has 6 nitrogen and oxygen atoms in total. The van der Waals surface area contributed by atoms with Gasteiger partial charge in [-0.1, -0.05) is 19.3 Å². The van der Waals surface area contributed by atoms with Crippen molar-refractivity contribution in [1.29, 1.82) is 0 Å². The van der Waals surface area contributed by atoms with Crippen LogP contribution in [0, 0.1) is 5.92 Å².